The van der Waals surface area contributed by atoms with Gasteiger partial charge in [0, 0.05) is 31.3 Å². The van der Waals surface area contributed by atoms with Crippen molar-refractivity contribution in [3.8, 4) is 0 Å². The fraction of sp³-hybridized carbons (Fsp3) is 0.391. The largest absolute Gasteiger partial charge is 0.421 e. The lowest BCUT2D eigenvalue weighted by atomic mass is 10.1. The number of nitrogens with zero attached hydrogens (tertiary/aromatic N) is 2. The van der Waals surface area contributed by atoms with Crippen molar-refractivity contribution in [1.29, 1.82) is 0 Å². The van der Waals surface area contributed by atoms with Crippen LogP contribution in [0.5, 0.6) is 0 Å². The van der Waals surface area contributed by atoms with E-state index in [0.717, 1.165) is 27.2 Å². The minimum absolute atomic E-state index is 0.0184. The van der Waals surface area contributed by atoms with Crippen molar-refractivity contribution < 1.29 is 13.9 Å². The fourth-order valence-corrected chi connectivity index (χ4v) is 4.98. The van der Waals surface area contributed by atoms with E-state index in [9.17, 15) is 9.59 Å². The summed E-state index contributed by atoms with van der Waals surface area (Å²) in [5.74, 6) is -0.409. The van der Waals surface area contributed by atoms with Crippen molar-refractivity contribution in [2.75, 3.05) is 6.61 Å². The fourth-order valence-electron chi connectivity index (χ4n) is 3.84. The van der Waals surface area contributed by atoms with Crippen LogP contribution in [0.3, 0.4) is 0 Å². The van der Waals surface area contributed by atoms with Gasteiger partial charge in [-0.3, -0.25) is 4.79 Å². The highest BCUT2D eigenvalue weighted by molar-refractivity contribution is 9.10. The highest BCUT2D eigenvalue weighted by Crippen LogP contribution is 2.36. The number of carbonyl (C=O) groups excluding carboxylic acids is 1. The molecule has 1 aliphatic heterocycles. The summed E-state index contributed by atoms with van der Waals surface area (Å²) in [4.78, 5) is 27.0. The molecule has 1 amide bonds. The predicted molar refractivity (Wildman–Crippen MR) is 127 cm³/mol. The van der Waals surface area contributed by atoms with Crippen LogP contribution >= 0.6 is 15.9 Å². The molecule has 0 radical (unpaired) electrons. The SMILES string of the molecule is CC1c2cc(Br)ccc2C(=O)N1Cc1ccc2c(c1)oc(=O)n2COCC[Si](C)(C)C. The molecular weight excluding hydrogens is 476 g/mol. The normalized spacial score (nSPS) is 16.4. The van der Waals surface area contributed by atoms with Crippen molar-refractivity contribution in [2.45, 2.75) is 51.9 Å². The van der Waals surface area contributed by atoms with Crippen molar-refractivity contribution in [3.63, 3.8) is 0 Å². The zero-order valence-electron chi connectivity index (χ0n) is 18.3. The number of fused-ring (bicyclic) bond motifs is 2. The molecule has 1 unspecified atom stereocenters. The number of rotatable bonds is 7. The number of halogens is 1. The van der Waals surface area contributed by atoms with Gasteiger partial charge in [-0.05, 0) is 54.4 Å². The second kappa shape index (κ2) is 8.41. The first kappa shape index (κ1) is 22.0. The molecule has 2 heterocycles. The van der Waals surface area contributed by atoms with Crippen LogP contribution in [0.15, 0.2) is 50.1 Å². The summed E-state index contributed by atoms with van der Waals surface area (Å²) < 4.78 is 13.7. The summed E-state index contributed by atoms with van der Waals surface area (Å²) in [6.45, 7) is 10.2. The monoisotopic (exact) mass is 502 g/mol. The molecule has 3 aromatic rings. The Balaban J connectivity index is 1.50. The molecule has 0 spiro atoms. The molecule has 0 N–H and O–H groups in total. The molecular formula is C23H27BrN2O4Si. The number of ether oxygens (including phenoxy) is 1. The minimum atomic E-state index is -1.18. The average molecular weight is 503 g/mol. The Hall–Kier alpha value is -2.16. The summed E-state index contributed by atoms with van der Waals surface area (Å²) >= 11 is 3.48. The van der Waals surface area contributed by atoms with Crippen molar-refractivity contribution in [2.24, 2.45) is 0 Å². The van der Waals surface area contributed by atoms with E-state index in [0.29, 0.717) is 24.3 Å². The predicted octanol–water partition coefficient (Wildman–Crippen LogP) is 5.39. The number of hydrogen-bond donors (Lipinski definition) is 0. The smallest absolute Gasteiger partial charge is 0.408 e. The minimum Gasteiger partial charge on any atom is -0.408 e. The van der Waals surface area contributed by atoms with Gasteiger partial charge in [0.05, 0.1) is 11.6 Å². The van der Waals surface area contributed by atoms with Gasteiger partial charge in [0.25, 0.3) is 5.91 Å². The van der Waals surface area contributed by atoms with Gasteiger partial charge in [0.15, 0.2) is 5.58 Å². The molecule has 4 rings (SSSR count). The molecule has 0 saturated carbocycles. The first-order valence-electron chi connectivity index (χ1n) is 10.4. The van der Waals surface area contributed by atoms with E-state index >= 15 is 0 Å². The molecule has 1 aromatic heterocycles. The molecule has 1 atom stereocenters. The molecule has 1 aliphatic rings. The van der Waals surface area contributed by atoms with Crippen LogP contribution in [0, 0.1) is 0 Å². The number of aromatic nitrogens is 1. The Labute approximate surface area is 190 Å². The van der Waals surface area contributed by atoms with Gasteiger partial charge in [-0.1, -0.05) is 41.6 Å². The van der Waals surface area contributed by atoms with E-state index in [-0.39, 0.29) is 18.7 Å². The lowest BCUT2D eigenvalue weighted by Gasteiger charge is -2.22. The van der Waals surface area contributed by atoms with E-state index < -0.39 is 13.8 Å². The maximum atomic E-state index is 12.9. The van der Waals surface area contributed by atoms with Crippen LogP contribution in [0.25, 0.3) is 11.1 Å². The third-order valence-corrected chi connectivity index (χ3v) is 7.92. The van der Waals surface area contributed by atoms with Crippen LogP contribution in [0.1, 0.15) is 34.5 Å². The molecule has 6 nitrogen and oxygen atoms in total. The lowest BCUT2D eigenvalue weighted by Crippen LogP contribution is -2.26. The number of amides is 1. The van der Waals surface area contributed by atoms with Crippen LogP contribution in [0.2, 0.25) is 25.7 Å². The second-order valence-corrected chi connectivity index (χ2v) is 15.8. The molecule has 0 bridgehead atoms. The molecule has 0 aliphatic carbocycles. The maximum absolute atomic E-state index is 12.9. The Morgan fingerprint density at radius 3 is 2.65 bits per heavy atom. The highest BCUT2D eigenvalue weighted by atomic mass is 79.9. The highest BCUT2D eigenvalue weighted by Gasteiger charge is 2.33. The van der Waals surface area contributed by atoms with Crippen molar-refractivity contribution in [1.82, 2.24) is 9.47 Å². The van der Waals surface area contributed by atoms with Crippen molar-refractivity contribution in [3.05, 3.63) is 68.1 Å². The van der Waals surface area contributed by atoms with Crippen LogP contribution < -0.4 is 5.76 Å². The Bertz CT molecular complexity index is 1190. The van der Waals surface area contributed by atoms with E-state index in [1.165, 1.54) is 4.57 Å². The van der Waals surface area contributed by atoms with Gasteiger partial charge < -0.3 is 14.1 Å². The van der Waals surface area contributed by atoms with Crippen LogP contribution in [0.4, 0.5) is 0 Å². The first-order valence-corrected chi connectivity index (χ1v) is 14.9. The summed E-state index contributed by atoms with van der Waals surface area (Å²) in [6.07, 6.45) is 0. The molecule has 2 aromatic carbocycles. The number of carbonyl (C=O) groups is 1. The maximum Gasteiger partial charge on any atom is 0.421 e. The average Bonchev–Trinajstić information content (AvgIpc) is 3.12. The van der Waals surface area contributed by atoms with Crippen molar-refractivity contribution >= 4 is 41.0 Å². The first-order chi connectivity index (χ1) is 14.6. The molecule has 8 heteroatoms. The number of oxazole rings is 1. The van der Waals surface area contributed by atoms with Gasteiger partial charge in [-0.2, -0.15) is 0 Å². The van der Waals surface area contributed by atoms with Crippen LogP contribution in [-0.4, -0.2) is 30.1 Å². The van der Waals surface area contributed by atoms with E-state index in [4.69, 9.17) is 9.15 Å². The van der Waals surface area contributed by atoms with Gasteiger partial charge in [-0.25, -0.2) is 9.36 Å². The summed E-state index contributed by atoms with van der Waals surface area (Å²) in [5.41, 5.74) is 3.89. The third kappa shape index (κ3) is 4.56. The topological polar surface area (TPSA) is 64.7 Å². The quantitative estimate of drug-likeness (QED) is 0.321. The zero-order chi connectivity index (χ0) is 22.3. The van der Waals surface area contributed by atoms with Gasteiger partial charge >= 0.3 is 5.76 Å². The second-order valence-electron chi connectivity index (χ2n) is 9.29. The summed E-state index contributed by atoms with van der Waals surface area (Å²) in [7, 11) is -1.18. The van der Waals surface area contributed by atoms with Gasteiger partial charge in [0.1, 0.15) is 6.73 Å². The van der Waals surface area contributed by atoms with Gasteiger partial charge in [-0.15, -0.1) is 0 Å². The molecule has 0 saturated heterocycles. The zero-order valence-corrected chi connectivity index (χ0v) is 20.9. The van der Waals surface area contributed by atoms with Gasteiger partial charge in [0.2, 0.25) is 0 Å². The number of benzene rings is 2. The standard InChI is InChI=1S/C23H27BrN2O4Si/c1-15-19-12-17(24)6-7-18(19)22(27)25(15)13-16-5-8-20-21(11-16)30-23(28)26(20)14-29-9-10-31(2,3)4/h5-8,11-12,15H,9-10,13-14H2,1-4H3. The lowest BCUT2D eigenvalue weighted by molar-refractivity contribution is 0.0723. The van der Waals surface area contributed by atoms with E-state index in [2.05, 4.69) is 35.6 Å². The Kier molecular flexibility index (Phi) is 5.98. The Morgan fingerprint density at radius 2 is 1.90 bits per heavy atom. The summed E-state index contributed by atoms with van der Waals surface area (Å²) in [5, 5.41) is 0. The molecule has 0 fully saturated rings. The van der Waals surface area contributed by atoms with E-state index in [1.54, 1.807) is 0 Å². The summed E-state index contributed by atoms with van der Waals surface area (Å²) in [6, 6.07) is 12.4. The number of hydrogen-bond acceptors (Lipinski definition) is 4. The molecule has 31 heavy (non-hydrogen) atoms. The third-order valence-electron chi connectivity index (χ3n) is 5.72. The molecule has 164 valence electrons. The van der Waals surface area contributed by atoms with Crippen LogP contribution in [-0.2, 0) is 18.0 Å². The Morgan fingerprint density at radius 1 is 1.13 bits per heavy atom. The van der Waals surface area contributed by atoms with E-state index in [1.807, 2.05) is 48.2 Å².